The van der Waals surface area contributed by atoms with Crippen LogP contribution in [0.2, 0.25) is 0 Å². The van der Waals surface area contributed by atoms with Gasteiger partial charge in [0.1, 0.15) is 6.33 Å². The van der Waals surface area contributed by atoms with Gasteiger partial charge in [-0.05, 0) is 75.5 Å². The number of likely N-dealkylation sites (tertiary alicyclic amines) is 1. The number of carbonyl (C=O) groups excluding carboxylic acids is 1. The summed E-state index contributed by atoms with van der Waals surface area (Å²) in [6.07, 6.45) is 4.23. The Morgan fingerprint density at radius 3 is 2.75 bits per heavy atom. The zero-order chi connectivity index (χ0) is 19.5. The van der Waals surface area contributed by atoms with Crippen LogP contribution in [0.15, 0.2) is 54.9 Å². The molecular formula is C23H28N4O. The molecule has 0 saturated carbocycles. The van der Waals surface area contributed by atoms with Gasteiger partial charge in [0, 0.05) is 30.4 Å². The van der Waals surface area contributed by atoms with Crippen molar-refractivity contribution in [2.75, 3.05) is 19.6 Å². The number of benzene rings is 2. The highest BCUT2D eigenvalue weighted by Gasteiger charge is 2.22. The molecule has 1 unspecified atom stereocenters. The Hall–Kier alpha value is -2.66. The lowest BCUT2D eigenvalue weighted by molar-refractivity contribution is 0.0922. The van der Waals surface area contributed by atoms with Gasteiger partial charge in [-0.2, -0.15) is 0 Å². The summed E-state index contributed by atoms with van der Waals surface area (Å²) in [5.74, 6) is 0.542. The fourth-order valence-corrected chi connectivity index (χ4v) is 4.01. The molecule has 1 aliphatic rings. The third-order valence-electron chi connectivity index (χ3n) is 5.69. The average Bonchev–Trinajstić information content (AvgIpc) is 3.16. The van der Waals surface area contributed by atoms with Crippen LogP contribution in [0.5, 0.6) is 0 Å². The zero-order valence-corrected chi connectivity index (χ0v) is 16.6. The third kappa shape index (κ3) is 3.94. The lowest BCUT2D eigenvalue weighted by atomic mass is 9.97. The molecule has 0 radical (unpaired) electrons. The summed E-state index contributed by atoms with van der Waals surface area (Å²) in [5.41, 5.74) is 3.73. The number of para-hydroxylation sites is 2. The molecule has 0 bridgehead atoms. The lowest BCUT2D eigenvalue weighted by Crippen LogP contribution is -2.43. The second kappa shape index (κ2) is 8.15. The van der Waals surface area contributed by atoms with Gasteiger partial charge in [0.25, 0.3) is 5.91 Å². The number of amides is 1. The van der Waals surface area contributed by atoms with Crippen LogP contribution in [0, 0.1) is 5.92 Å². The van der Waals surface area contributed by atoms with Crippen molar-refractivity contribution in [3.05, 3.63) is 60.4 Å². The van der Waals surface area contributed by atoms with Gasteiger partial charge in [0.15, 0.2) is 0 Å². The second-order valence-electron chi connectivity index (χ2n) is 7.96. The summed E-state index contributed by atoms with van der Waals surface area (Å²) in [4.78, 5) is 19.5. The van der Waals surface area contributed by atoms with Crippen molar-refractivity contribution in [1.29, 1.82) is 0 Å². The molecule has 1 fully saturated rings. The molecule has 2 aromatic carbocycles. The third-order valence-corrected chi connectivity index (χ3v) is 5.69. The van der Waals surface area contributed by atoms with E-state index in [2.05, 4.69) is 29.0 Å². The van der Waals surface area contributed by atoms with Crippen LogP contribution in [0.1, 0.15) is 37.0 Å². The van der Waals surface area contributed by atoms with E-state index in [-0.39, 0.29) is 5.91 Å². The van der Waals surface area contributed by atoms with Crippen molar-refractivity contribution < 1.29 is 4.79 Å². The normalized spacial score (nSPS) is 17.9. The Morgan fingerprint density at radius 1 is 1.18 bits per heavy atom. The molecule has 3 aromatic rings. The maximum atomic E-state index is 12.6. The van der Waals surface area contributed by atoms with E-state index in [1.54, 1.807) is 0 Å². The van der Waals surface area contributed by atoms with Crippen LogP contribution in [-0.4, -0.2) is 46.0 Å². The number of fused-ring (bicyclic) bond motifs is 1. The summed E-state index contributed by atoms with van der Waals surface area (Å²) in [7, 11) is 0. The summed E-state index contributed by atoms with van der Waals surface area (Å²) in [5, 5.41) is 3.13. The summed E-state index contributed by atoms with van der Waals surface area (Å²) >= 11 is 0. The van der Waals surface area contributed by atoms with Gasteiger partial charge in [-0.15, -0.1) is 0 Å². The topological polar surface area (TPSA) is 50.2 Å². The van der Waals surface area contributed by atoms with Gasteiger partial charge in [0.05, 0.1) is 11.0 Å². The number of piperidine rings is 1. The SMILES string of the molecule is CC(C)N1CCCC(CNC(=O)c2ccc(-n3cnc4ccccc43)cc2)C1. The molecule has 5 nitrogen and oxygen atoms in total. The van der Waals surface area contributed by atoms with E-state index in [1.807, 2.05) is 59.4 Å². The van der Waals surface area contributed by atoms with Crippen LogP contribution in [-0.2, 0) is 0 Å². The second-order valence-corrected chi connectivity index (χ2v) is 7.96. The molecule has 146 valence electrons. The van der Waals surface area contributed by atoms with E-state index in [1.165, 1.54) is 19.4 Å². The Bertz CT molecular complexity index is 945. The van der Waals surface area contributed by atoms with Gasteiger partial charge in [0.2, 0.25) is 0 Å². The van der Waals surface area contributed by atoms with E-state index < -0.39 is 0 Å². The number of nitrogens with one attached hydrogen (secondary N) is 1. The number of hydrogen-bond donors (Lipinski definition) is 1. The van der Waals surface area contributed by atoms with E-state index in [4.69, 9.17) is 0 Å². The van der Waals surface area contributed by atoms with E-state index >= 15 is 0 Å². The molecule has 1 amide bonds. The van der Waals surface area contributed by atoms with Crippen molar-refractivity contribution in [1.82, 2.24) is 19.8 Å². The van der Waals surface area contributed by atoms with Gasteiger partial charge in [-0.25, -0.2) is 4.98 Å². The molecule has 2 heterocycles. The summed E-state index contributed by atoms with van der Waals surface area (Å²) in [6, 6.07) is 16.3. The number of imidazole rings is 1. The molecule has 0 spiro atoms. The first-order valence-electron chi connectivity index (χ1n) is 10.2. The van der Waals surface area contributed by atoms with Crippen molar-refractivity contribution in [3.63, 3.8) is 0 Å². The summed E-state index contributed by atoms with van der Waals surface area (Å²) < 4.78 is 2.04. The Kier molecular flexibility index (Phi) is 5.44. The predicted octanol–water partition coefficient (Wildman–Crippen LogP) is 3.88. The highest BCUT2D eigenvalue weighted by Crippen LogP contribution is 2.19. The molecule has 28 heavy (non-hydrogen) atoms. The first-order chi connectivity index (χ1) is 13.6. The molecule has 4 rings (SSSR count). The van der Waals surface area contributed by atoms with Crippen LogP contribution in [0.25, 0.3) is 16.7 Å². The molecular weight excluding hydrogens is 348 g/mol. The van der Waals surface area contributed by atoms with Gasteiger partial charge >= 0.3 is 0 Å². The average molecular weight is 377 g/mol. The molecule has 0 aliphatic carbocycles. The largest absolute Gasteiger partial charge is 0.352 e. The monoisotopic (exact) mass is 376 g/mol. The van der Waals surface area contributed by atoms with Gasteiger partial charge in [-0.1, -0.05) is 12.1 Å². The number of rotatable bonds is 5. The Balaban J connectivity index is 1.39. The zero-order valence-electron chi connectivity index (χ0n) is 16.6. The maximum Gasteiger partial charge on any atom is 0.251 e. The minimum absolute atomic E-state index is 0.00343. The number of carbonyl (C=O) groups is 1. The van der Waals surface area contributed by atoms with Crippen molar-refractivity contribution >= 4 is 16.9 Å². The van der Waals surface area contributed by atoms with Crippen LogP contribution >= 0.6 is 0 Å². The quantitative estimate of drug-likeness (QED) is 0.735. The van der Waals surface area contributed by atoms with Crippen LogP contribution < -0.4 is 5.32 Å². The Labute approximate surface area is 166 Å². The van der Waals surface area contributed by atoms with Gasteiger partial charge < -0.3 is 10.2 Å². The number of nitrogens with zero attached hydrogens (tertiary/aromatic N) is 3. The van der Waals surface area contributed by atoms with E-state index in [0.717, 1.165) is 29.8 Å². The molecule has 1 atom stereocenters. The summed E-state index contributed by atoms with van der Waals surface area (Å²) in [6.45, 7) is 7.48. The minimum atomic E-state index is 0.00343. The molecule has 5 heteroatoms. The first-order valence-corrected chi connectivity index (χ1v) is 10.2. The van der Waals surface area contributed by atoms with E-state index in [0.29, 0.717) is 17.5 Å². The van der Waals surface area contributed by atoms with E-state index in [9.17, 15) is 4.79 Å². The molecule has 1 aliphatic heterocycles. The molecule has 1 N–H and O–H groups in total. The predicted molar refractivity (Wildman–Crippen MR) is 113 cm³/mol. The van der Waals surface area contributed by atoms with Gasteiger partial charge in [-0.3, -0.25) is 9.36 Å². The lowest BCUT2D eigenvalue weighted by Gasteiger charge is -2.35. The van der Waals surface area contributed by atoms with Crippen LogP contribution in [0.3, 0.4) is 0 Å². The smallest absolute Gasteiger partial charge is 0.251 e. The van der Waals surface area contributed by atoms with Crippen LogP contribution in [0.4, 0.5) is 0 Å². The van der Waals surface area contributed by atoms with Crippen molar-refractivity contribution in [3.8, 4) is 5.69 Å². The molecule has 1 aromatic heterocycles. The first kappa shape index (κ1) is 18.7. The standard InChI is InChI=1S/C23H28N4O/c1-17(2)26-13-5-6-18(15-26)14-24-23(28)19-9-11-20(12-10-19)27-16-25-21-7-3-4-8-22(21)27/h3-4,7-12,16-18H,5-6,13-15H2,1-2H3,(H,24,28). The van der Waals surface area contributed by atoms with Crippen molar-refractivity contribution in [2.45, 2.75) is 32.7 Å². The fourth-order valence-electron chi connectivity index (χ4n) is 4.01. The fraction of sp³-hybridized carbons (Fsp3) is 0.391. The highest BCUT2D eigenvalue weighted by atomic mass is 16.1. The number of hydrogen-bond acceptors (Lipinski definition) is 3. The number of aromatic nitrogens is 2. The highest BCUT2D eigenvalue weighted by molar-refractivity contribution is 5.94. The Morgan fingerprint density at radius 2 is 1.96 bits per heavy atom. The van der Waals surface area contributed by atoms with Crippen molar-refractivity contribution in [2.24, 2.45) is 5.92 Å². The maximum absolute atomic E-state index is 12.6. The molecule has 1 saturated heterocycles. The minimum Gasteiger partial charge on any atom is -0.352 e.